The van der Waals surface area contributed by atoms with Crippen molar-refractivity contribution in [3.63, 3.8) is 0 Å². The number of hydrogen-bond donors (Lipinski definition) is 1. The van der Waals surface area contributed by atoms with Crippen molar-refractivity contribution in [1.29, 1.82) is 0 Å². The lowest BCUT2D eigenvalue weighted by molar-refractivity contribution is -0.128. The topological polar surface area (TPSA) is 66.5 Å². The average Bonchev–Trinajstić information content (AvgIpc) is 2.67. The minimum atomic E-state index is -3.49. The lowest BCUT2D eigenvalue weighted by Crippen LogP contribution is -2.35. The third kappa shape index (κ3) is 6.57. The fourth-order valence-corrected chi connectivity index (χ4v) is 4.01. The van der Waals surface area contributed by atoms with Gasteiger partial charge in [-0.05, 0) is 55.3 Å². The van der Waals surface area contributed by atoms with Gasteiger partial charge in [-0.3, -0.25) is 4.79 Å². The number of benzene rings is 2. The molecule has 0 aromatic heterocycles. The van der Waals surface area contributed by atoms with Crippen LogP contribution in [0.15, 0.2) is 53.4 Å². The second kappa shape index (κ2) is 10.3. The largest absolute Gasteiger partial charge is 0.332 e. The molecule has 0 aliphatic carbocycles. The van der Waals surface area contributed by atoms with Crippen molar-refractivity contribution >= 4 is 45.2 Å². The van der Waals surface area contributed by atoms with Gasteiger partial charge in [0.2, 0.25) is 15.9 Å². The van der Waals surface area contributed by atoms with Crippen LogP contribution < -0.4 is 4.72 Å². The van der Waals surface area contributed by atoms with Gasteiger partial charge in [0.15, 0.2) is 0 Å². The van der Waals surface area contributed by atoms with Gasteiger partial charge in [-0.15, -0.1) is 0 Å². The Morgan fingerprint density at radius 3 is 2.31 bits per heavy atom. The highest BCUT2D eigenvalue weighted by Gasteiger charge is 2.16. The van der Waals surface area contributed by atoms with E-state index in [-0.39, 0.29) is 16.8 Å². The van der Waals surface area contributed by atoms with Gasteiger partial charge < -0.3 is 4.90 Å². The second-order valence-corrected chi connectivity index (χ2v) is 9.29. The average molecular weight is 455 g/mol. The van der Waals surface area contributed by atoms with Crippen LogP contribution in [0.25, 0.3) is 6.08 Å². The SMILES string of the molecule is CCNS(=O)(=O)c1ccc(C=CC(=O)N(Cc2ccc(Cl)c(Cl)c2)C(C)C)cc1. The molecule has 8 heteroatoms. The highest BCUT2D eigenvalue weighted by Crippen LogP contribution is 2.23. The molecule has 0 bridgehead atoms. The van der Waals surface area contributed by atoms with Crippen molar-refractivity contribution in [2.75, 3.05) is 6.54 Å². The summed E-state index contributed by atoms with van der Waals surface area (Å²) in [6.07, 6.45) is 3.14. The van der Waals surface area contributed by atoms with Gasteiger partial charge in [0.25, 0.3) is 0 Å². The quantitative estimate of drug-likeness (QED) is 0.585. The van der Waals surface area contributed by atoms with Crippen LogP contribution in [-0.2, 0) is 21.4 Å². The molecule has 0 aliphatic heterocycles. The molecule has 0 atom stereocenters. The number of nitrogens with zero attached hydrogens (tertiary/aromatic N) is 1. The van der Waals surface area contributed by atoms with E-state index in [1.807, 2.05) is 19.9 Å². The maximum absolute atomic E-state index is 12.7. The summed E-state index contributed by atoms with van der Waals surface area (Å²) >= 11 is 12.0. The zero-order valence-corrected chi connectivity index (χ0v) is 18.9. The Morgan fingerprint density at radius 2 is 1.76 bits per heavy atom. The van der Waals surface area contributed by atoms with E-state index in [0.717, 1.165) is 11.1 Å². The van der Waals surface area contributed by atoms with Gasteiger partial charge >= 0.3 is 0 Å². The number of nitrogens with one attached hydrogen (secondary N) is 1. The van der Waals surface area contributed by atoms with Gasteiger partial charge in [-0.1, -0.05) is 48.3 Å². The number of hydrogen-bond acceptors (Lipinski definition) is 3. The number of halogens is 2. The summed E-state index contributed by atoms with van der Waals surface area (Å²) in [5.41, 5.74) is 1.61. The molecule has 0 radical (unpaired) electrons. The third-order valence-corrected chi connectivity index (χ3v) is 6.49. The molecule has 2 aromatic rings. The smallest absolute Gasteiger partial charge is 0.247 e. The van der Waals surface area contributed by atoms with Crippen molar-refractivity contribution in [3.8, 4) is 0 Å². The lowest BCUT2D eigenvalue weighted by atomic mass is 10.1. The molecule has 156 valence electrons. The molecule has 0 saturated heterocycles. The number of amides is 1. The monoisotopic (exact) mass is 454 g/mol. The van der Waals surface area contributed by atoms with E-state index in [0.29, 0.717) is 23.1 Å². The lowest BCUT2D eigenvalue weighted by Gasteiger charge is -2.25. The van der Waals surface area contributed by atoms with Crippen molar-refractivity contribution in [2.45, 2.75) is 38.3 Å². The Morgan fingerprint density at radius 1 is 1.10 bits per heavy atom. The maximum atomic E-state index is 12.7. The van der Waals surface area contributed by atoms with E-state index < -0.39 is 10.0 Å². The van der Waals surface area contributed by atoms with Crippen LogP contribution in [-0.4, -0.2) is 31.8 Å². The number of sulfonamides is 1. The first-order valence-electron chi connectivity index (χ1n) is 9.16. The molecule has 0 heterocycles. The molecular formula is C21H24Cl2N2O3S. The zero-order chi connectivity index (χ0) is 21.6. The summed E-state index contributed by atoms with van der Waals surface area (Å²) in [6.45, 7) is 6.31. The normalized spacial score (nSPS) is 11.9. The van der Waals surface area contributed by atoms with E-state index >= 15 is 0 Å². The van der Waals surface area contributed by atoms with Gasteiger partial charge in [-0.2, -0.15) is 0 Å². The molecule has 0 unspecified atom stereocenters. The Kier molecular flexibility index (Phi) is 8.28. The van der Waals surface area contributed by atoms with Crippen LogP contribution in [0.1, 0.15) is 31.9 Å². The highest BCUT2D eigenvalue weighted by atomic mass is 35.5. The van der Waals surface area contributed by atoms with Crippen molar-refractivity contribution in [2.24, 2.45) is 0 Å². The van der Waals surface area contributed by atoms with Crippen LogP contribution in [0.2, 0.25) is 10.0 Å². The fourth-order valence-electron chi connectivity index (χ4n) is 2.64. The van der Waals surface area contributed by atoms with E-state index in [1.54, 1.807) is 42.2 Å². The standard InChI is InChI=1S/C21H24Cl2N2O3S/c1-4-24-29(27,28)18-9-5-16(6-10-18)8-12-21(26)25(15(2)3)14-17-7-11-19(22)20(23)13-17/h5-13,15,24H,4,14H2,1-3H3. The van der Waals surface area contributed by atoms with Crippen LogP contribution in [0.3, 0.4) is 0 Å². The summed E-state index contributed by atoms with van der Waals surface area (Å²) in [5, 5.41) is 0.917. The first-order valence-corrected chi connectivity index (χ1v) is 11.4. The molecule has 0 saturated carbocycles. The number of carbonyl (C=O) groups excluding carboxylic acids is 1. The first-order chi connectivity index (χ1) is 13.6. The molecule has 1 amide bonds. The highest BCUT2D eigenvalue weighted by molar-refractivity contribution is 7.89. The van der Waals surface area contributed by atoms with E-state index in [2.05, 4.69) is 4.72 Å². The first kappa shape index (κ1) is 23.4. The molecule has 0 spiro atoms. The molecule has 2 rings (SSSR count). The van der Waals surface area contributed by atoms with Crippen LogP contribution in [0, 0.1) is 0 Å². The van der Waals surface area contributed by atoms with Gasteiger partial charge in [-0.25, -0.2) is 13.1 Å². The molecular weight excluding hydrogens is 431 g/mol. The summed E-state index contributed by atoms with van der Waals surface area (Å²) < 4.78 is 26.4. The molecule has 1 N–H and O–H groups in total. The Balaban J connectivity index is 2.12. The van der Waals surface area contributed by atoms with E-state index in [9.17, 15) is 13.2 Å². The predicted molar refractivity (Wildman–Crippen MR) is 118 cm³/mol. The van der Waals surface area contributed by atoms with Crippen molar-refractivity contribution in [1.82, 2.24) is 9.62 Å². The molecule has 2 aromatic carbocycles. The minimum Gasteiger partial charge on any atom is -0.332 e. The van der Waals surface area contributed by atoms with Crippen LogP contribution >= 0.6 is 23.2 Å². The Labute approximate surface area is 182 Å². The summed E-state index contributed by atoms with van der Waals surface area (Å²) in [4.78, 5) is 14.6. The third-order valence-electron chi connectivity index (χ3n) is 4.19. The number of carbonyl (C=O) groups is 1. The molecule has 0 fully saturated rings. The van der Waals surface area contributed by atoms with Crippen LogP contribution in [0.4, 0.5) is 0 Å². The van der Waals surface area contributed by atoms with Gasteiger partial charge in [0.05, 0.1) is 14.9 Å². The molecule has 5 nitrogen and oxygen atoms in total. The minimum absolute atomic E-state index is 0.0192. The number of rotatable bonds is 8. The Bertz CT molecular complexity index is 987. The predicted octanol–water partition coefficient (Wildman–Crippen LogP) is 4.74. The van der Waals surface area contributed by atoms with E-state index in [1.165, 1.54) is 18.2 Å². The second-order valence-electron chi connectivity index (χ2n) is 6.71. The van der Waals surface area contributed by atoms with Crippen molar-refractivity contribution < 1.29 is 13.2 Å². The molecule has 29 heavy (non-hydrogen) atoms. The van der Waals surface area contributed by atoms with Crippen LogP contribution in [0.5, 0.6) is 0 Å². The molecule has 0 aliphatic rings. The summed E-state index contributed by atoms with van der Waals surface area (Å²) in [6, 6.07) is 11.6. The summed E-state index contributed by atoms with van der Waals surface area (Å²) in [7, 11) is -3.49. The van der Waals surface area contributed by atoms with E-state index in [4.69, 9.17) is 23.2 Å². The zero-order valence-electron chi connectivity index (χ0n) is 16.5. The van der Waals surface area contributed by atoms with Crippen molar-refractivity contribution in [3.05, 3.63) is 69.7 Å². The van der Waals surface area contributed by atoms with Gasteiger partial charge in [0, 0.05) is 25.2 Å². The summed E-state index contributed by atoms with van der Waals surface area (Å²) in [5.74, 6) is -0.157. The van der Waals surface area contributed by atoms with Gasteiger partial charge in [0.1, 0.15) is 0 Å². The Hall–Kier alpha value is -1.86. The fraction of sp³-hybridized carbons (Fsp3) is 0.286. The maximum Gasteiger partial charge on any atom is 0.247 e.